The van der Waals surface area contributed by atoms with Crippen LogP contribution in [0.2, 0.25) is 5.02 Å². The average molecular weight is 551 g/mol. The normalized spacial score (nSPS) is 21.6. The van der Waals surface area contributed by atoms with E-state index in [-0.39, 0.29) is 23.9 Å². The molecule has 1 unspecified atom stereocenters. The molecule has 0 spiro atoms. The van der Waals surface area contributed by atoms with Crippen molar-refractivity contribution in [1.29, 1.82) is 0 Å². The lowest BCUT2D eigenvalue weighted by atomic mass is 9.95. The van der Waals surface area contributed by atoms with Crippen molar-refractivity contribution in [2.24, 2.45) is 0 Å². The Bertz CT molecular complexity index is 1070. The molecular formula is C32H43ClN4O2. The maximum atomic E-state index is 13.8. The van der Waals surface area contributed by atoms with E-state index in [4.69, 9.17) is 11.6 Å². The molecule has 0 bridgehead atoms. The van der Waals surface area contributed by atoms with Crippen LogP contribution >= 0.6 is 11.6 Å². The van der Waals surface area contributed by atoms with Crippen LogP contribution in [0.1, 0.15) is 62.5 Å². The van der Waals surface area contributed by atoms with Gasteiger partial charge in [0.25, 0.3) is 0 Å². The lowest BCUT2D eigenvalue weighted by Gasteiger charge is -2.31. The van der Waals surface area contributed by atoms with E-state index in [2.05, 4.69) is 51.6 Å². The number of carbonyl (C=O) groups is 2. The molecule has 0 saturated carbocycles. The molecule has 0 aliphatic carbocycles. The summed E-state index contributed by atoms with van der Waals surface area (Å²) < 4.78 is 0. The van der Waals surface area contributed by atoms with E-state index < -0.39 is 0 Å². The van der Waals surface area contributed by atoms with Gasteiger partial charge in [-0.05, 0) is 74.5 Å². The van der Waals surface area contributed by atoms with Crippen molar-refractivity contribution >= 4 is 29.5 Å². The van der Waals surface area contributed by atoms with Gasteiger partial charge in [-0.2, -0.15) is 0 Å². The van der Waals surface area contributed by atoms with Crippen LogP contribution < -0.4 is 10.6 Å². The zero-order valence-electron chi connectivity index (χ0n) is 23.2. The molecule has 2 heterocycles. The SMILES string of the molecule is CCC(CN1CC[C@@H](CNC(=O)C=Cc2ccc(Cl)cc2)N[C@@H](CCN2CCCCC2)C1=O)c1ccccc1. The fourth-order valence-corrected chi connectivity index (χ4v) is 5.74. The minimum absolute atomic E-state index is 0.0370. The fourth-order valence-electron chi connectivity index (χ4n) is 5.62. The maximum Gasteiger partial charge on any atom is 0.244 e. The molecule has 4 rings (SSSR count). The van der Waals surface area contributed by atoms with E-state index in [1.54, 1.807) is 12.2 Å². The zero-order chi connectivity index (χ0) is 27.5. The third-order valence-electron chi connectivity index (χ3n) is 8.00. The Hall–Kier alpha value is -2.67. The Balaban J connectivity index is 1.38. The molecule has 2 aromatic rings. The van der Waals surface area contributed by atoms with Gasteiger partial charge in [-0.1, -0.05) is 67.4 Å². The van der Waals surface area contributed by atoms with E-state index >= 15 is 0 Å². The van der Waals surface area contributed by atoms with E-state index in [9.17, 15) is 9.59 Å². The third-order valence-corrected chi connectivity index (χ3v) is 8.25. The van der Waals surface area contributed by atoms with Crippen LogP contribution in [-0.4, -0.2) is 73.0 Å². The van der Waals surface area contributed by atoms with Crippen molar-refractivity contribution in [2.75, 3.05) is 39.3 Å². The van der Waals surface area contributed by atoms with Gasteiger partial charge in [-0.3, -0.25) is 9.59 Å². The molecule has 7 heteroatoms. The van der Waals surface area contributed by atoms with Crippen LogP contribution in [0.3, 0.4) is 0 Å². The Kier molecular flexibility index (Phi) is 11.4. The largest absolute Gasteiger partial charge is 0.351 e. The number of likely N-dealkylation sites (tertiary alicyclic amines) is 1. The molecule has 2 N–H and O–H groups in total. The van der Waals surface area contributed by atoms with Gasteiger partial charge in [0.1, 0.15) is 0 Å². The van der Waals surface area contributed by atoms with Crippen LogP contribution in [0.15, 0.2) is 60.7 Å². The number of nitrogens with zero attached hydrogens (tertiary/aromatic N) is 2. The van der Waals surface area contributed by atoms with Crippen molar-refractivity contribution in [3.8, 4) is 0 Å². The molecule has 6 nitrogen and oxygen atoms in total. The molecule has 2 aliphatic heterocycles. The smallest absolute Gasteiger partial charge is 0.244 e. The second-order valence-corrected chi connectivity index (χ2v) is 11.3. The molecule has 0 aromatic heterocycles. The van der Waals surface area contributed by atoms with E-state index in [0.29, 0.717) is 24.0 Å². The second-order valence-electron chi connectivity index (χ2n) is 10.8. The number of carbonyl (C=O) groups excluding carboxylic acids is 2. The zero-order valence-corrected chi connectivity index (χ0v) is 23.9. The Labute approximate surface area is 238 Å². The van der Waals surface area contributed by atoms with Crippen molar-refractivity contribution in [3.05, 3.63) is 76.8 Å². The first-order valence-corrected chi connectivity index (χ1v) is 14.9. The van der Waals surface area contributed by atoms with Gasteiger partial charge in [0.2, 0.25) is 11.8 Å². The average Bonchev–Trinajstić information content (AvgIpc) is 3.12. The molecule has 2 fully saturated rings. The van der Waals surface area contributed by atoms with Crippen LogP contribution in [0.4, 0.5) is 0 Å². The van der Waals surface area contributed by atoms with Crippen LogP contribution in [0.25, 0.3) is 6.08 Å². The Morgan fingerprint density at radius 2 is 1.82 bits per heavy atom. The number of piperidine rings is 1. The summed E-state index contributed by atoms with van der Waals surface area (Å²) in [6, 6.07) is 17.7. The fraction of sp³-hybridized carbons (Fsp3) is 0.500. The second kappa shape index (κ2) is 15.2. The summed E-state index contributed by atoms with van der Waals surface area (Å²) in [6.45, 7) is 7.27. The minimum Gasteiger partial charge on any atom is -0.351 e. The highest BCUT2D eigenvalue weighted by molar-refractivity contribution is 6.30. The van der Waals surface area contributed by atoms with Gasteiger partial charge < -0.3 is 20.4 Å². The topological polar surface area (TPSA) is 64.7 Å². The van der Waals surface area contributed by atoms with Crippen LogP contribution in [-0.2, 0) is 9.59 Å². The highest BCUT2D eigenvalue weighted by Gasteiger charge is 2.32. The third kappa shape index (κ3) is 9.20. The lowest BCUT2D eigenvalue weighted by Crippen LogP contribution is -2.50. The summed E-state index contributed by atoms with van der Waals surface area (Å²) in [5.74, 6) is 0.365. The van der Waals surface area contributed by atoms with Gasteiger partial charge >= 0.3 is 0 Å². The number of halogens is 1. The number of hydrogen-bond donors (Lipinski definition) is 2. The first-order valence-electron chi connectivity index (χ1n) is 14.6. The molecule has 0 radical (unpaired) electrons. The van der Waals surface area contributed by atoms with Crippen molar-refractivity contribution in [3.63, 3.8) is 0 Å². The lowest BCUT2D eigenvalue weighted by molar-refractivity contribution is -0.133. The molecule has 3 atom stereocenters. The van der Waals surface area contributed by atoms with Gasteiger partial charge in [0.05, 0.1) is 6.04 Å². The standard InChI is InChI=1S/C32H43ClN4O2/c1-2-26(27-9-5-3-6-10-27)24-37-22-17-29(23-34-31(38)16-13-25-11-14-28(33)15-12-25)35-30(32(37)39)18-21-36-19-7-4-8-20-36/h3,5-6,9-16,26,29-30,35H,2,4,7-8,17-24H2,1H3,(H,34,38)/t26?,29-,30-/m0/s1. The molecule has 2 amide bonds. The van der Waals surface area contributed by atoms with Crippen LogP contribution in [0.5, 0.6) is 0 Å². The first-order chi connectivity index (χ1) is 19.0. The van der Waals surface area contributed by atoms with Crippen molar-refractivity contribution in [2.45, 2.75) is 63.5 Å². The molecule has 210 valence electrons. The summed E-state index contributed by atoms with van der Waals surface area (Å²) in [5, 5.41) is 7.34. The maximum absolute atomic E-state index is 13.8. The molecule has 39 heavy (non-hydrogen) atoms. The van der Waals surface area contributed by atoms with E-state index in [1.165, 1.54) is 24.8 Å². The van der Waals surface area contributed by atoms with Crippen molar-refractivity contribution in [1.82, 2.24) is 20.4 Å². The number of amides is 2. The number of rotatable bonds is 11. The number of hydrogen-bond acceptors (Lipinski definition) is 4. The quantitative estimate of drug-likeness (QED) is 0.382. The summed E-state index contributed by atoms with van der Waals surface area (Å²) >= 11 is 5.95. The monoisotopic (exact) mass is 550 g/mol. The number of benzene rings is 2. The van der Waals surface area contributed by atoms with Gasteiger partial charge in [-0.15, -0.1) is 0 Å². The Morgan fingerprint density at radius 3 is 2.54 bits per heavy atom. The van der Waals surface area contributed by atoms with E-state index in [1.807, 2.05) is 30.3 Å². The van der Waals surface area contributed by atoms with E-state index in [0.717, 1.165) is 51.0 Å². The Morgan fingerprint density at radius 1 is 1.08 bits per heavy atom. The van der Waals surface area contributed by atoms with Crippen molar-refractivity contribution < 1.29 is 9.59 Å². The summed E-state index contributed by atoms with van der Waals surface area (Å²) in [7, 11) is 0. The minimum atomic E-state index is -0.241. The van der Waals surface area contributed by atoms with Gasteiger partial charge in [0.15, 0.2) is 0 Å². The molecular weight excluding hydrogens is 508 g/mol. The van der Waals surface area contributed by atoms with Gasteiger partial charge in [0, 0.05) is 49.2 Å². The van der Waals surface area contributed by atoms with Gasteiger partial charge in [-0.25, -0.2) is 0 Å². The number of nitrogens with one attached hydrogen (secondary N) is 2. The molecule has 2 saturated heterocycles. The first kappa shape index (κ1) is 29.3. The summed E-state index contributed by atoms with van der Waals surface area (Å²) in [4.78, 5) is 30.9. The molecule has 2 aromatic carbocycles. The highest BCUT2D eigenvalue weighted by Crippen LogP contribution is 2.23. The predicted octanol–water partition coefficient (Wildman–Crippen LogP) is 5.10. The van der Waals surface area contributed by atoms with Crippen LogP contribution in [0, 0.1) is 0 Å². The summed E-state index contributed by atoms with van der Waals surface area (Å²) in [6.07, 6.45) is 9.70. The highest BCUT2D eigenvalue weighted by atomic mass is 35.5. The molecule has 2 aliphatic rings. The summed E-state index contributed by atoms with van der Waals surface area (Å²) in [5.41, 5.74) is 2.20. The predicted molar refractivity (Wildman–Crippen MR) is 160 cm³/mol.